The van der Waals surface area contributed by atoms with Crippen LogP contribution in [0.4, 0.5) is 0 Å². The van der Waals surface area contributed by atoms with Crippen LogP contribution in [0, 0.1) is 5.92 Å². The summed E-state index contributed by atoms with van der Waals surface area (Å²) in [6.45, 7) is 6.70. The Morgan fingerprint density at radius 1 is 1.25 bits per heavy atom. The van der Waals surface area contributed by atoms with Crippen molar-refractivity contribution < 1.29 is 9.53 Å². The van der Waals surface area contributed by atoms with Gasteiger partial charge in [-0.1, -0.05) is 25.6 Å². The van der Waals surface area contributed by atoms with E-state index in [0.29, 0.717) is 17.6 Å². The summed E-state index contributed by atoms with van der Waals surface area (Å²) in [6, 6.07) is 7.66. The Labute approximate surface area is 147 Å². The highest BCUT2D eigenvalue weighted by atomic mass is 32.2. The van der Waals surface area contributed by atoms with E-state index in [2.05, 4.69) is 29.4 Å². The summed E-state index contributed by atoms with van der Waals surface area (Å²) < 4.78 is 7.07. The zero-order valence-electron chi connectivity index (χ0n) is 14.7. The lowest BCUT2D eigenvalue weighted by atomic mass is 10.2. The summed E-state index contributed by atoms with van der Waals surface area (Å²) in [7, 11) is 3.54. The van der Waals surface area contributed by atoms with Gasteiger partial charge in [0.05, 0.1) is 12.4 Å². The number of ether oxygens (including phenoxy) is 1. The lowest BCUT2D eigenvalue weighted by molar-refractivity contribution is -0.120. The van der Waals surface area contributed by atoms with Crippen molar-refractivity contribution in [2.24, 2.45) is 13.0 Å². The van der Waals surface area contributed by atoms with Crippen molar-refractivity contribution in [2.45, 2.75) is 31.2 Å². The molecule has 0 fully saturated rings. The summed E-state index contributed by atoms with van der Waals surface area (Å²) in [4.78, 5) is 12.1. The Morgan fingerprint density at radius 3 is 2.50 bits per heavy atom. The molecule has 1 heterocycles. The third kappa shape index (κ3) is 4.50. The summed E-state index contributed by atoms with van der Waals surface area (Å²) >= 11 is 1.41. The molecule has 1 aromatic heterocycles. The number of aromatic nitrogens is 3. The fourth-order valence-corrected chi connectivity index (χ4v) is 2.91. The molecule has 7 heteroatoms. The maximum atomic E-state index is 12.1. The maximum absolute atomic E-state index is 12.1. The second-order valence-corrected chi connectivity index (χ2v) is 7.30. The third-order valence-corrected chi connectivity index (χ3v) is 4.65. The van der Waals surface area contributed by atoms with Crippen LogP contribution in [0.5, 0.6) is 5.75 Å². The molecule has 0 aliphatic rings. The molecule has 1 atom stereocenters. The SMILES string of the molecule is COc1ccc(-c2nnc(S[C@@H](C)C(=O)NCC(C)C)n2C)cc1. The van der Waals surface area contributed by atoms with Gasteiger partial charge in [0.15, 0.2) is 11.0 Å². The lowest BCUT2D eigenvalue weighted by Gasteiger charge is -2.13. The van der Waals surface area contributed by atoms with Crippen LogP contribution < -0.4 is 10.1 Å². The topological polar surface area (TPSA) is 69.0 Å². The van der Waals surface area contributed by atoms with E-state index >= 15 is 0 Å². The number of benzene rings is 1. The molecule has 2 rings (SSSR count). The van der Waals surface area contributed by atoms with Crippen molar-refractivity contribution in [3.05, 3.63) is 24.3 Å². The number of carbonyl (C=O) groups is 1. The van der Waals surface area contributed by atoms with Crippen LogP contribution in [0.2, 0.25) is 0 Å². The maximum Gasteiger partial charge on any atom is 0.233 e. The number of hydrogen-bond donors (Lipinski definition) is 1. The van der Waals surface area contributed by atoms with Gasteiger partial charge in [0, 0.05) is 19.2 Å². The molecule has 1 N–H and O–H groups in total. The number of thioether (sulfide) groups is 1. The Bertz CT molecular complexity index is 682. The molecule has 1 aromatic carbocycles. The molecule has 24 heavy (non-hydrogen) atoms. The van der Waals surface area contributed by atoms with E-state index in [-0.39, 0.29) is 11.2 Å². The minimum absolute atomic E-state index is 0.0164. The highest BCUT2D eigenvalue weighted by Gasteiger charge is 2.19. The minimum atomic E-state index is -0.227. The Balaban J connectivity index is 2.07. The molecular formula is C17H24N4O2S. The van der Waals surface area contributed by atoms with E-state index in [4.69, 9.17) is 4.74 Å². The fourth-order valence-electron chi connectivity index (χ4n) is 2.07. The van der Waals surface area contributed by atoms with Gasteiger partial charge in [-0.3, -0.25) is 4.79 Å². The molecule has 0 unspecified atom stereocenters. The van der Waals surface area contributed by atoms with Gasteiger partial charge in [-0.05, 0) is 37.1 Å². The van der Waals surface area contributed by atoms with Gasteiger partial charge >= 0.3 is 0 Å². The molecule has 0 spiro atoms. The molecular weight excluding hydrogens is 324 g/mol. The van der Waals surface area contributed by atoms with E-state index in [1.807, 2.05) is 42.8 Å². The van der Waals surface area contributed by atoms with Gasteiger partial charge in [0.2, 0.25) is 5.91 Å². The predicted molar refractivity (Wildman–Crippen MR) is 96.2 cm³/mol. The van der Waals surface area contributed by atoms with Gasteiger partial charge in [0.25, 0.3) is 0 Å². The van der Waals surface area contributed by atoms with Gasteiger partial charge in [-0.2, -0.15) is 0 Å². The van der Waals surface area contributed by atoms with Crippen LogP contribution in [0.1, 0.15) is 20.8 Å². The van der Waals surface area contributed by atoms with Crippen molar-refractivity contribution in [1.29, 1.82) is 0 Å². The molecule has 0 aliphatic carbocycles. The zero-order chi connectivity index (χ0) is 17.7. The minimum Gasteiger partial charge on any atom is -0.497 e. The number of hydrogen-bond acceptors (Lipinski definition) is 5. The first-order chi connectivity index (χ1) is 11.4. The average Bonchev–Trinajstić information content (AvgIpc) is 2.93. The second-order valence-electron chi connectivity index (χ2n) is 5.99. The normalized spacial score (nSPS) is 12.2. The zero-order valence-corrected chi connectivity index (χ0v) is 15.6. The number of nitrogens with zero attached hydrogens (tertiary/aromatic N) is 3. The monoisotopic (exact) mass is 348 g/mol. The number of nitrogens with one attached hydrogen (secondary N) is 1. The smallest absolute Gasteiger partial charge is 0.233 e. The van der Waals surface area contributed by atoms with Crippen molar-refractivity contribution in [1.82, 2.24) is 20.1 Å². The number of amides is 1. The molecule has 130 valence electrons. The van der Waals surface area contributed by atoms with Gasteiger partial charge in [0.1, 0.15) is 5.75 Å². The van der Waals surface area contributed by atoms with E-state index in [1.54, 1.807) is 7.11 Å². The molecule has 6 nitrogen and oxygen atoms in total. The van der Waals surface area contributed by atoms with Crippen LogP contribution in [0.15, 0.2) is 29.4 Å². The van der Waals surface area contributed by atoms with Gasteiger partial charge in [-0.25, -0.2) is 0 Å². The summed E-state index contributed by atoms with van der Waals surface area (Å²) in [5.41, 5.74) is 0.953. The summed E-state index contributed by atoms with van der Waals surface area (Å²) in [5, 5.41) is 11.9. The Hall–Kier alpha value is -2.02. The van der Waals surface area contributed by atoms with E-state index in [0.717, 1.165) is 17.1 Å². The predicted octanol–water partition coefficient (Wildman–Crippen LogP) is 2.74. The van der Waals surface area contributed by atoms with Crippen LogP contribution in [0.3, 0.4) is 0 Å². The second kappa shape index (κ2) is 8.19. The number of methoxy groups -OCH3 is 1. The van der Waals surface area contributed by atoms with Crippen LogP contribution in [-0.4, -0.2) is 39.6 Å². The van der Waals surface area contributed by atoms with E-state index in [9.17, 15) is 4.79 Å². The highest BCUT2D eigenvalue weighted by molar-refractivity contribution is 8.00. The number of rotatable bonds is 7. The average molecular weight is 348 g/mol. The van der Waals surface area contributed by atoms with E-state index in [1.165, 1.54) is 11.8 Å². The number of carbonyl (C=O) groups excluding carboxylic acids is 1. The van der Waals surface area contributed by atoms with Crippen LogP contribution >= 0.6 is 11.8 Å². The lowest BCUT2D eigenvalue weighted by Crippen LogP contribution is -2.33. The third-order valence-electron chi connectivity index (χ3n) is 3.52. The first-order valence-electron chi connectivity index (χ1n) is 7.90. The fraction of sp³-hybridized carbons (Fsp3) is 0.471. The molecule has 2 aromatic rings. The van der Waals surface area contributed by atoms with Crippen molar-refractivity contribution in [3.8, 4) is 17.1 Å². The first kappa shape index (κ1) is 18.3. The van der Waals surface area contributed by atoms with Crippen molar-refractivity contribution in [3.63, 3.8) is 0 Å². The molecule has 0 aliphatic heterocycles. The van der Waals surface area contributed by atoms with Crippen molar-refractivity contribution in [2.75, 3.05) is 13.7 Å². The Kier molecular flexibility index (Phi) is 6.25. The molecule has 0 radical (unpaired) electrons. The summed E-state index contributed by atoms with van der Waals surface area (Å²) in [6.07, 6.45) is 0. The first-order valence-corrected chi connectivity index (χ1v) is 8.78. The van der Waals surface area contributed by atoms with Crippen LogP contribution in [-0.2, 0) is 11.8 Å². The van der Waals surface area contributed by atoms with Crippen LogP contribution in [0.25, 0.3) is 11.4 Å². The standard InChI is InChI=1S/C17H24N4O2S/c1-11(2)10-18-16(22)12(3)24-17-20-19-15(21(17)4)13-6-8-14(23-5)9-7-13/h6-9,11-12H,10H2,1-5H3,(H,18,22)/t12-/m0/s1. The van der Waals surface area contributed by atoms with Gasteiger partial charge in [-0.15, -0.1) is 10.2 Å². The molecule has 0 bridgehead atoms. The highest BCUT2D eigenvalue weighted by Crippen LogP contribution is 2.26. The summed E-state index contributed by atoms with van der Waals surface area (Å²) in [5.74, 6) is 2.01. The van der Waals surface area contributed by atoms with Gasteiger partial charge < -0.3 is 14.6 Å². The largest absolute Gasteiger partial charge is 0.497 e. The van der Waals surface area contributed by atoms with Crippen molar-refractivity contribution >= 4 is 17.7 Å². The quantitative estimate of drug-likeness (QED) is 0.779. The molecule has 1 amide bonds. The van der Waals surface area contributed by atoms with E-state index < -0.39 is 0 Å². The molecule has 0 saturated carbocycles. The molecule has 0 saturated heterocycles. The Morgan fingerprint density at radius 2 is 1.92 bits per heavy atom.